The second-order valence-electron chi connectivity index (χ2n) is 5.10. The van der Waals surface area contributed by atoms with Crippen molar-refractivity contribution in [1.29, 1.82) is 0 Å². The molecule has 3 rings (SSSR count). The maximum Gasteiger partial charge on any atom is 0.338 e. The molecule has 0 amide bonds. The number of hydrogen-bond acceptors (Lipinski definition) is 6. The number of carbonyl (C=O) groups excluding carboxylic acids is 1. The molecule has 1 aliphatic heterocycles. The van der Waals surface area contributed by atoms with Gasteiger partial charge in [0.05, 0.1) is 18.9 Å². The lowest BCUT2D eigenvalue weighted by Gasteiger charge is -2.28. The average molecular weight is 302 g/mol. The van der Waals surface area contributed by atoms with Crippen LogP contribution in [0.25, 0.3) is 0 Å². The number of esters is 1. The van der Waals surface area contributed by atoms with E-state index in [1.165, 1.54) is 13.4 Å². The zero-order chi connectivity index (χ0) is 15.9. The predicted molar refractivity (Wildman–Crippen MR) is 79.1 cm³/mol. The van der Waals surface area contributed by atoms with Crippen LogP contribution in [0, 0.1) is 6.92 Å². The van der Waals surface area contributed by atoms with Crippen LogP contribution in [0.4, 0.5) is 5.95 Å². The Morgan fingerprint density at radius 3 is 2.82 bits per heavy atom. The summed E-state index contributed by atoms with van der Waals surface area (Å²) in [4.78, 5) is 16.6. The lowest BCUT2D eigenvalue weighted by Crippen LogP contribution is -2.30. The van der Waals surface area contributed by atoms with E-state index in [9.17, 15) is 4.79 Å². The molecule has 2 aromatic heterocycles. The first-order valence-corrected chi connectivity index (χ1v) is 7.04. The molecule has 8 heteroatoms. The molecule has 8 nitrogen and oxygen atoms in total. The molecular weight excluding hydrogens is 284 g/mol. The standard InChI is InChI=1S/C14H18N6O2/c1-5-10-11(13(21)22-4)12(9-6-16-19(3)8(9)2)20-14(18-10)15-7-17-20/h6-7,12H,5H2,1-4H3,(H,15,17,18). The summed E-state index contributed by atoms with van der Waals surface area (Å²) < 4.78 is 8.45. The number of rotatable bonds is 3. The molecule has 0 aromatic carbocycles. The van der Waals surface area contributed by atoms with Gasteiger partial charge in [0.15, 0.2) is 0 Å². The van der Waals surface area contributed by atoms with E-state index >= 15 is 0 Å². The normalized spacial score (nSPS) is 17.2. The van der Waals surface area contributed by atoms with Gasteiger partial charge in [-0.3, -0.25) is 4.68 Å². The van der Waals surface area contributed by atoms with Crippen molar-refractivity contribution in [1.82, 2.24) is 24.5 Å². The van der Waals surface area contributed by atoms with Gasteiger partial charge in [-0.2, -0.15) is 15.2 Å². The fraction of sp³-hybridized carbons (Fsp3) is 0.429. The van der Waals surface area contributed by atoms with E-state index in [-0.39, 0.29) is 5.97 Å². The van der Waals surface area contributed by atoms with Gasteiger partial charge in [0.1, 0.15) is 12.4 Å². The Balaban J connectivity index is 2.24. The van der Waals surface area contributed by atoms with E-state index in [0.717, 1.165) is 17.0 Å². The summed E-state index contributed by atoms with van der Waals surface area (Å²) in [6, 6.07) is -0.394. The molecule has 0 fully saturated rings. The highest BCUT2D eigenvalue weighted by atomic mass is 16.5. The monoisotopic (exact) mass is 302 g/mol. The molecule has 1 N–H and O–H groups in total. The number of nitrogens with one attached hydrogen (secondary N) is 1. The van der Waals surface area contributed by atoms with Crippen molar-refractivity contribution in [2.75, 3.05) is 12.4 Å². The first kappa shape index (κ1) is 14.3. The second kappa shape index (κ2) is 5.28. The fourth-order valence-electron chi connectivity index (χ4n) is 2.71. The predicted octanol–water partition coefficient (Wildman–Crippen LogP) is 1.17. The zero-order valence-electron chi connectivity index (χ0n) is 13.0. The molecule has 1 atom stereocenters. The average Bonchev–Trinajstić information content (AvgIpc) is 3.12. The van der Waals surface area contributed by atoms with Gasteiger partial charge in [-0.05, 0) is 13.3 Å². The molecule has 1 aliphatic rings. The Morgan fingerprint density at radius 2 is 2.23 bits per heavy atom. The van der Waals surface area contributed by atoms with Crippen LogP contribution in [0.1, 0.15) is 30.6 Å². The maximum absolute atomic E-state index is 12.4. The van der Waals surface area contributed by atoms with Gasteiger partial charge in [-0.1, -0.05) is 6.92 Å². The molecule has 3 heterocycles. The number of ether oxygens (including phenoxy) is 1. The Labute approximate surface area is 127 Å². The minimum absolute atomic E-state index is 0.376. The van der Waals surface area contributed by atoms with Crippen LogP contribution in [0.15, 0.2) is 23.8 Å². The van der Waals surface area contributed by atoms with Gasteiger partial charge in [0, 0.05) is 24.0 Å². The van der Waals surface area contributed by atoms with Crippen LogP contribution in [0.2, 0.25) is 0 Å². The number of aryl methyl sites for hydroxylation is 1. The number of hydrogen-bond donors (Lipinski definition) is 1. The summed E-state index contributed by atoms with van der Waals surface area (Å²) in [5, 5.41) is 11.7. The Hall–Kier alpha value is -2.64. The summed E-state index contributed by atoms with van der Waals surface area (Å²) in [5.74, 6) is 0.233. The molecule has 0 radical (unpaired) electrons. The summed E-state index contributed by atoms with van der Waals surface area (Å²) >= 11 is 0. The fourth-order valence-corrected chi connectivity index (χ4v) is 2.71. The first-order valence-electron chi connectivity index (χ1n) is 7.04. The largest absolute Gasteiger partial charge is 0.466 e. The highest BCUT2D eigenvalue weighted by Crippen LogP contribution is 2.37. The Bertz CT molecular complexity index is 757. The zero-order valence-corrected chi connectivity index (χ0v) is 13.0. The lowest BCUT2D eigenvalue weighted by molar-refractivity contribution is -0.136. The van der Waals surface area contributed by atoms with Crippen molar-refractivity contribution in [2.24, 2.45) is 7.05 Å². The van der Waals surface area contributed by atoms with Gasteiger partial charge < -0.3 is 10.1 Å². The summed E-state index contributed by atoms with van der Waals surface area (Å²) in [7, 11) is 3.25. The van der Waals surface area contributed by atoms with Crippen LogP contribution < -0.4 is 5.32 Å². The molecule has 0 spiro atoms. The molecule has 0 saturated heterocycles. The molecule has 2 aromatic rings. The third-order valence-electron chi connectivity index (χ3n) is 4.01. The lowest BCUT2D eigenvalue weighted by atomic mass is 9.95. The SMILES string of the molecule is CCC1=C(C(=O)OC)C(c2cnn(C)c2C)n2ncnc2N1. The van der Waals surface area contributed by atoms with E-state index in [2.05, 4.69) is 20.5 Å². The van der Waals surface area contributed by atoms with Crippen LogP contribution >= 0.6 is 0 Å². The number of allylic oxidation sites excluding steroid dienone is 1. The molecule has 116 valence electrons. The quantitative estimate of drug-likeness (QED) is 0.857. The van der Waals surface area contributed by atoms with Crippen molar-refractivity contribution in [3.8, 4) is 0 Å². The molecular formula is C14H18N6O2. The molecule has 0 aliphatic carbocycles. The van der Waals surface area contributed by atoms with Crippen molar-refractivity contribution in [2.45, 2.75) is 26.3 Å². The van der Waals surface area contributed by atoms with Crippen molar-refractivity contribution in [3.63, 3.8) is 0 Å². The summed E-state index contributed by atoms with van der Waals surface area (Å²) in [6.45, 7) is 3.94. The molecule has 22 heavy (non-hydrogen) atoms. The van der Waals surface area contributed by atoms with Gasteiger partial charge >= 0.3 is 5.97 Å². The van der Waals surface area contributed by atoms with E-state index in [1.807, 2.05) is 20.9 Å². The van der Waals surface area contributed by atoms with Gasteiger partial charge in [0.25, 0.3) is 0 Å². The third kappa shape index (κ3) is 1.99. The van der Waals surface area contributed by atoms with E-state index in [0.29, 0.717) is 17.9 Å². The number of methoxy groups -OCH3 is 1. The molecule has 1 unspecified atom stereocenters. The highest BCUT2D eigenvalue weighted by Gasteiger charge is 2.36. The van der Waals surface area contributed by atoms with E-state index in [4.69, 9.17) is 4.74 Å². The smallest absolute Gasteiger partial charge is 0.338 e. The van der Waals surface area contributed by atoms with Gasteiger partial charge in [-0.15, -0.1) is 0 Å². The number of anilines is 1. The van der Waals surface area contributed by atoms with Crippen molar-refractivity contribution < 1.29 is 9.53 Å². The van der Waals surface area contributed by atoms with E-state index in [1.54, 1.807) is 15.6 Å². The third-order valence-corrected chi connectivity index (χ3v) is 4.01. The van der Waals surface area contributed by atoms with Crippen LogP contribution in [0.3, 0.4) is 0 Å². The van der Waals surface area contributed by atoms with E-state index < -0.39 is 6.04 Å². The van der Waals surface area contributed by atoms with Crippen molar-refractivity contribution >= 4 is 11.9 Å². The Kier molecular flexibility index (Phi) is 3.44. The van der Waals surface area contributed by atoms with Crippen molar-refractivity contribution in [3.05, 3.63) is 35.1 Å². The Morgan fingerprint density at radius 1 is 1.45 bits per heavy atom. The van der Waals surface area contributed by atoms with Crippen LogP contribution in [-0.4, -0.2) is 37.6 Å². The second-order valence-corrected chi connectivity index (χ2v) is 5.10. The topological polar surface area (TPSA) is 86.9 Å². The maximum atomic E-state index is 12.4. The molecule has 0 bridgehead atoms. The summed E-state index contributed by atoms with van der Waals surface area (Å²) in [5.41, 5.74) is 3.20. The number of aromatic nitrogens is 5. The number of nitrogens with zero attached hydrogens (tertiary/aromatic N) is 5. The van der Waals surface area contributed by atoms with Crippen LogP contribution in [0.5, 0.6) is 0 Å². The highest BCUT2D eigenvalue weighted by molar-refractivity contribution is 5.92. The minimum atomic E-state index is -0.394. The van der Waals surface area contributed by atoms with Crippen LogP contribution in [-0.2, 0) is 16.6 Å². The summed E-state index contributed by atoms with van der Waals surface area (Å²) in [6.07, 6.45) is 3.88. The van der Waals surface area contributed by atoms with Gasteiger partial charge in [-0.25, -0.2) is 9.48 Å². The minimum Gasteiger partial charge on any atom is -0.466 e. The first-order chi connectivity index (χ1) is 10.6. The molecule has 0 saturated carbocycles. The number of carbonyl (C=O) groups is 1. The number of fused-ring (bicyclic) bond motifs is 1. The van der Waals surface area contributed by atoms with Gasteiger partial charge in [0.2, 0.25) is 5.95 Å².